The Balaban J connectivity index is 1.61. The van der Waals surface area contributed by atoms with Gasteiger partial charge in [-0.1, -0.05) is 49.4 Å². The number of ketones is 1. The molecule has 0 aliphatic carbocycles. The van der Waals surface area contributed by atoms with E-state index in [2.05, 4.69) is 11.9 Å². The predicted molar refractivity (Wildman–Crippen MR) is 108 cm³/mol. The highest BCUT2D eigenvalue weighted by Gasteiger charge is 2.26. The molecule has 1 aliphatic rings. The molecule has 0 saturated carbocycles. The average molecular weight is 405 g/mol. The SMILES string of the molecule is CCc1ccc(C(=O)CSc2ccc(S(=O)(=O)N3CCCCC3)cn2)cc1. The monoisotopic (exact) mass is 404 g/mol. The molecule has 1 saturated heterocycles. The van der Waals surface area contributed by atoms with Crippen molar-refractivity contribution in [2.75, 3.05) is 18.8 Å². The number of carbonyl (C=O) groups is 1. The highest BCUT2D eigenvalue weighted by Crippen LogP contribution is 2.23. The molecule has 0 amide bonds. The van der Waals surface area contributed by atoms with E-state index in [0.717, 1.165) is 25.7 Å². The number of thioether (sulfide) groups is 1. The lowest BCUT2D eigenvalue weighted by Gasteiger charge is -2.25. The van der Waals surface area contributed by atoms with E-state index in [4.69, 9.17) is 0 Å². The summed E-state index contributed by atoms with van der Waals surface area (Å²) in [6.07, 6.45) is 5.23. The van der Waals surface area contributed by atoms with E-state index in [1.54, 1.807) is 12.1 Å². The molecule has 0 N–H and O–H groups in total. The topological polar surface area (TPSA) is 67.3 Å². The van der Waals surface area contributed by atoms with Crippen LogP contribution in [0.5, 0.6) is 0 Å². The average Bonchev–Trinajstić information content (AvgIpc) is 2.73. The number of hydrogen-bond donors (Lipinski definition) is 0. The van der Waals surface area contributed by atoms with Crippen LogP contribution in [0.2, 0.25) is 0 Å². The van der Waals surface area contributed by atoms with Gasteiger partial charge in [0.25, 0.3) is 0 Å². The number of rotatable bonds is 7. The van der Waals surface area contributed by atoms with Crippen LogP contribution in [-0.4, -0.2) is 42.3 Å². The summed E-state index contributed by atoms with van der Waals surface area (Å²) in [7, 11) is -3.47. The van der Waals surface area contributed by atoms with Crippen molar-refractivity contribution in [3.05, 3.63) is 53.7 Å². The Hall–Kier alpha value is -1.70. The number of benzene rings is 1. The second-order valence-electron chi connectivity index (χ2n) is 6.56. The molecule has 1 aromatic heterocycles. The van der Waals surface area contributed by atoms with Gasteiger partial charge in [-0.3, -0.25) is 4.79 Å². The van der Waals surface area contributed by atoms with Crippen molar-refractivity contribution in [3.63, 3.8) is 0 Å². The fourth-order valence-electron chi connectivity index (χ4n) is 3.01. The molecule has 0 unspecified atom stereocenters. The first-order valence-electron chi connectivity index (χ1n) is 9.22. The second-order valence-corrected chi connectivity index (χ2v) is 9.49. The summed E-state index contributed by atoms with van der Waals surface area (Å²) in [5.41, 5.74) is 1.88. The number of sulfonamides is 1. The number of carbonyl (C=O) groups excluding carboxylic acids is 1. The number of hydrogen-bond acceptors (Lipinski definition) is 5. The molecular formula is C20H24N2O3S2. The van der Waals surface area contributed by atoms with Crippen LogP contribution in [0, 0.1) is 0 Å². The van der Waals surface area contributed by atoms with Gasteiger partial charge in [-0.05, 0) is 37.0 Å². The molecule has 3 rings (SSSR count). The Morgan fingerprint density at radius 1 is 1.07 bits per heavy atom. The maximum Gasteiger partial charge on any atom is 0.244 e. The standard InChI is InChI=1S/C20H24N2O3S2/c1-2-16-6-8-17(9-7-16)19(23)15-26-20-11-10-18(14-21-20)27(24,25)22-12-4-3-5-13-22/h6-11,14H,2-5,12-13,15H2,1H3. The minimum atomic E-state index is -3.47. The number of aromatic nitrogens is 1. The van der Waals surface area contributed by atoms with Gasteiger partial charge in [0.1, 0.15) is 4.90 Å². The summed E-state index contributed by atoms with van der Waals surface area (Å²) in [4.78, 5) is 16.8. The quantitative estimate of drug-likeness (QED) is 0.519. The lowest BCUT2D eigenvalue weighted by Crippen LogP contribution is -2.35. The van der Waals surface area contributed by atoms with Crippen molar-refractivity contribution < 1.29 is 13.2 Å². The molecule has 0 atom stereocenters. The third kappa shape index (κ3) is 4.97. The highest BCUT2D eigenvalue weighted by atomic mass is 32.2. The Morgan fingerprint density at radius 3 is 2.37 bits per heavy atom. The van der Waals surface area contributed by atoms with Crippen molar-refractivity contribution in [2.45, 2.75) is 42.5 Å². The maximum atomic E-state index is 12.6. The summed E-state index contributed by atoms with van der Waals surface area (Å²) in [5, 5.41) is 0.645. The Kier molecular flexibility index (Phi) is 6.68. The largest absolute Gasteiger partial charge is 0.293 e. The van der Waals surface area contributed by atoms with Crippen molar-refractivity contribution in [3.8, 4) is 0 Å². The first-order valence-corrected chi connectivity index (χ1v) is 11.6. The molecule has 144 valence electrons. The molecular weight excluding hydrogens is 380 g/mol. The van der Waals surface area contributed by atoms with Gasteiger partial charge >= 0.3 is 0 Å². The van der Waals surface area contributed by atoms with E-state index in [-0.39, 0.29) is 16.4 Å². The molecule has 27 heavy (non-hydrogen) atoms. The summed E-state index contributed by atoms with van der Waals surface area (Å²) in [5.74, 6) is 0.311. The van der Waals surface area contributed by atoms with Crippen LogP contribution in [0.3, 0.4) is 0 Å². The maximum absolute atomic E-state index is 12.6. The van der Waals surface area contributed by atoms with Crippen molar-refractivity contribution in [1.29, 1.82) is 0 Å². The summed E-state index contributed by atoms with van der Waals surface area (Å²) >= 11 is 1.32. The lowest BCUT2D eigenvalue weighted by molar-refractivity contribution is 0.102. The van der Waals surface area contributed by atoms with Crippen molar-refractivity contribution in [2.24, 2.45) is 0 Å². The van der Waals surface area contributed by atoms with Gasteiger partial charge in [0.05, 0.1) is 10.8 Å². The van der Waals surface area contributed by atoms with Crippen LogP contribution in [0.15, 0.2) is 52.5 Å². The fraction of sp³-hybridized carbons (Fsp3) is 0.400. The van der Waals surface area contributed by atoms with Crippen LogP contribution in [-0.2, 0) is 16.4 Å². The van der Waals surface area contributed by atoms with E-state index in [9.17, 15) is 13.2 Å². The first-order chi connectivity index (χ1) is 13.0. The first kappa shape index (κ1) is 20.0. The minimum absolute atomic E-state index is 0.0365. The Morgan fingerprint density at radius 2 is 1.78 bits per heavy atom. The van der Waals surface area contributed by atoms with E-state index < -0.39 is 10.0 Å². The molecule has 2 heterocycles. The van der Waals surface area contributed by atoms with Gasteiger partial charge in [-0.15, -0.1) is 0 Å². The molecule has 2 aromatic rings. The van der Waals surface area contributed by atoms with Gasteiger partial charge in [0, 0.05) is 24.8 Å². The molecule has 7 heteroatoms. The zero-order chi connectivity index (χ0) is 19.3. The van der Waals surface area contributed by atoms with E-state index in [1.807, 2.05) is 24.3 Å². The van der Waals surface area contributed by atoms with Gasteiger partial charge in [-0.25, -0.2) is 13.4 Å². The normalized spacial score (nSPS) is 15.6. The molecule has 0 radical (unpaired) electrons. The number of Topliss-reactive ketones (excluding diaryl/α,β-unsaturated/α-hetero) is 1. The number of nitrogens with zero attached hydrogens (tertiary/aromatic N) is 2. The fourth-order valence-corrected chi connectivity index (χ4v) is 5.21. The van der Waals surface area contributed by atoms with Crippen LogP contribution in [0.1, 0.15) is 42.1 Å². The highest BCUT2D eigenvalue weighted by molar-refractivity contribution is 7.99. The molecule has 5 nitrogen and oxygen atoms in total. The summed E-state index contributed by atoms with van der Waals surface area (Å²) < 4.78 is 26.8. The predicted octanol–water partition coefficient (Wildman–Crippen LogP) is 3.79. The van der Waals surface area contributed by atoms with Crippen LogP contribution in [0.25, 0.3) is 0 Å². The minimum Gasteiger partial charge on any atom is -0.293 e. The smallest absolute Gasteiger partial charge is 0.244 e. The van der Waals surface area contributed by atoms with Crippen LogP contribution in [0.4, 0.5) is 0 Å². The molecule has 1 aliphatic heterocycles. The van der Waals surface area contributed by atoms with E-state index >= 15 is 0 Å². The van der Waals surface area contributed by atoms with Gasteiger partial charge < -0.3 is 0 Å². The van der Waals surface area contributed by atoms with Gasteiger partial charge in [0.15, 0.2) is 5.78 Å². The number of aryl methyl sites for hydroxylation is 1. The zero-order valence-electron chi connectivity index (χ0n) is 15.4. The number of pyridine rings is 1. The van der Waals surface area contributed by atoms with Crippen molar-refractivity contribution >= 4 is 27.6 Å². The Bertz CT molecular complexity index is 872. The van der Waals surface area contributed by atoms with Crippen LogP contribution >= 0.6 is 11.8 Å². The number of piperidine rings is 1. The molecule has 0 spiro atoms. The van der Waals surface area contributed by atoms with Gasteiger partial charge in [0.2, 0.25) is 10.0 Å². The summed E-state index contributed by atoms with van der Waals surface area (Å²) in [6, 6.07) is 10.9. The van der Waals surface area contributed by atoms with Crippen LogP contribution < -0.4 is 0 Å². The third-order valence-corrected chi connectivity index (χ3v) is 7.52. The van der Waals surface area contributed by atoms with E-state index in [0.29, 0.717) is 23.7 Å². The second kappa shape index (κ2) is 8.99. The molecule has 0 bridgehead atoms. The van der Waals surface area contributed by atoms with Crippen molar-refractivity contribution in [1.82, 2.24) is 9.29 Å². The molecule has 1 fully saturated rings. The third-order valence-electron chi connectivity index (χ3n) is 4.70. The lowest BCUT2D eigenvalue weighted by atomic mass is 10.1. The Labute approximate surface area is 165 Å². The van der Waals surface area contributed by atoms with E-state index in [1.165, 1.54) is 27.8 Å². The summed E-state index contributed by atoms with van der Waals surface area (Å²) in [6.45, 7) is 3.22. The van der Waals surface area contributed by atoms with Gasteiger partial charge in [-0.2, -0.15) is 4.31 Å². The zero-order valence-corrected chi connectivity index (χ0v) is 17.1. The molecule has 1 aromatic carbocycles.